The van der Waals surface area contributed by atoms with Gasteiger partial charge in [0.05, 0.1) is 11.0 Å². The SMILES string of the molecule is c1ccc2[nH]c(CCCN[C@@H]3CCCSC3)nc2c1. The smallest absolute Gasteiger partial charge is 0.107 e. The minimum Gasteiger partial charge on any atom is -0.342 e. The lowest BCUT2D eigenvalue weighted by Crippen LogP contribution is -2.34. The first kappa shape index (κ1) is 13.0. The number of hydrogen-bond acceptors (Lipinski definition) is 3. The molecule has 0 unspecified atom stereocenters. The van der Waals surface area contributed by atoms with Crippen molar-refractivity contribution in [2.45, 2.75) is 31.7 Å². The van der Waals surface area contributed by atoms with E-state index in [9.17, 15) is 0 Å². The molecule has 2 heterocycles. The number of aromatic nitrogens is 2. The van der Waals surface area contributed by atoms with Crippen molar-refractivity contribution >= 4 is 22.8 Å². The van der Waals surface area contributed by atoms with E-state index >= 15 is 0 Å². The van der Waals surface area contributed by atoms with Crippen LogP contribution in [0.25, 0.3) is 11.0 Å². The van der Waals surface area contributed by atoms with Crippen molar-refractivity contribution in [3.8, 4) is 0 Å². The maximum atomic E-state index is 4.61. The lowest BCUT2D eigenvalue weighted by molar-refractivity contribution is 0.499. The Morgan fingerprint density at radius 1 is 1.37 bits per heavy atom. The second-order valence-corrected chi connectivity index (χ2v) is 6.32. The minimum atomic E-state index is 0.731. The Labute approximate surface area is 118 Å². The fourth-order valence-electron chi connectivity index (χ4n) is 2.59. The summed E-state index contributed by atoms with van der Waals surface area (Å²) in [7, 11) is 0. The van der Waals surface area contributed by atoms with Crippen LogP contribution >= 0.6 is 11.8 Å². The average Bonchev–Trinajstić information content (AvgIpc) is 2.87. The molecule has 1 aliphatic heterocycles. The molecule has 0 radical (unpaired) electrons. The van der Waals surface area contributed by atoms with Crippen molar-refractivity contribution in [2.24, 2.45) is 0 Å². The van der Waals surface area contributed by atoms with Crippen molar-refractivity contribution in [3.63, 3.8) is 0 Å². The molecule has 0 saturated carbocycles. The standard InChI is InChI=1S/C15H21N3S/c1-2-7-14-13(6-1)17-15(18-14)8-3-9-16-12-5-4-10-19-11-12/h1-2,6-7,12,16H,3-5,8-11H2,(H,17,18)/t12-/m1/s1. The normalized spacial score (nSPS) is 19.9. The third-order valence-electron chi connectivity index (χ3n) is 3.62. The van der Waals surface area contributed by atoms with E-state index in [0.29, 0.717) is 0 Å². The van der Waals surface area contributed by atoms with Gasteiger partial charge in [-0.15, -0.1) is 0 Å². The van der Waals surface area contributed by atoms with E-state index in [0.717, 1.165) is 42.3 Å². The number of fused-ring (bicyclic) bond motifs is 1. The van der Waals surface area contributed by atoms with Crippen molar-refractivity contribution in [2.75, 3.05) is 18.1 Å². The first-order valence-electron chi connectivity index (χ1n) is 7.16. The molecule has 1 aliphatic rings. The van der Waals surface area contributed by atoms with Crippen LogP contribution in [0.3, 0.4) is 0 Å². The Balaban J connectivity index is 1.44. The Hall–Kier alpha value is -1.00. The molecule has 1 aromatic carbocycles. The number of hydrogen-bond donors (Lipinski definition) is 2. The molecule has 1 aromatic heterocycles. The molecule has 19 heavy (non-hydrogen) atoms. The van der Waals surface area contributed by atoms with Crippen LogP contribution in [0.4, 0.5) is 0 Å². The maximum absolute atomic E-state index is 4.61. The summed E-state index contributed by atoms with van der Waals surface area (Å²) in [5, 5.41) is 3.66. The van der Waals surface area contributed by atoms with Crippen LogP contribution in [0.2, 0.25) is 0 Å². The van der Waals surface area contributed by atoms with Crippen LogP contribution in [-0.2, 0) is 6.42 Å². The lowest BCUT2D eigenvalue weighted by atomic mass is 10.2. The van der Waals surface area contributed by atoms with Gasteiger partial charge in [0.2, 0.25) is 0 Å². The zero-order valence-electron chi connectivity index (χ0n) is 11.2. The van der Waals surface area contributed by atoms with Gasteiger partial charge in [-0.05, 0) is 43.7 Å². The molecule has 3 nitrogen and oxygen atoms in total. The quantitative estimate of drug-likeness (QED) is 0.824. The van der Waals surface area contributed by atoms with Crippen molar-refractivity contribution in [1.82, 2.24) is 15.3 Å². The molecular weight excluding hydrogens is 254 g/mol. The lowest BCUT2D eigenvalue weighted by Gasteiger charge is -2.22. The molecule has 102 valence electrons. The highest BCUT2D eigenvalue weighted by Crippen LogP contribution is 2.17. The highest BCUT2D eigenvalue weighted by atomic mass is 32.2. The number of aryl methyl sites for hydroxylation is 1. The van der Waals surface area contributed by atoms with Gasteiger partial charge < -0.3 is 10.3 Å². The van der Waals surface area contributed by atoms with E-state index in [1.807, 2.05) is 12.1 Å². The highest BCUT2D eigenvalue weighted by Gasteiger charge is 2.12. The minimum absolute atomic E-state index is 0.731. The van der Waals surface area contributed by atoms with Gasteiger partial charge in [0.1, 0.15) is 5.82 Å². The molecule has 0 aliphatic carbocycles. The second-order valence-electron chi connectivity index (χ2n) is 5.17. The number of benzene rings is 1. The average molecular weight is 275 g/mol. The molecule has 0 bridgehead atoms. The first-order valence-corrected chi connectivity index (χ1v) is 8.32. The summed E-state index contributed by atoms with van der Waals surface area (Å²) < 4.78 is 0. The molecule has 0 spiro atoms. The van der Waals surface area contributed by atoms with Crippen LogP contribution in [0.5, 0.6) is 0 Å². The number of rotatable bonds is 5. The van der Waals surface area contributed by atoms with E-state index in [-0.39, 0.29) is 0 Å². The maximum Gasteiger partial charge on any atom is 0.107 e. The van der Waals surface area contributed by atoms with Crippen LogP contribution in [-0.4, -0.2) is 34.1 Å². The fraction of sp³-hybridized carbons (Fsp3) is 0.533. The molecule has 2 aromatic rings. The number of nitrogens with zero attached hydrogens (tertiary/aromatic N) is 1. The van der Waals surface area contributed by atoms with Crippen molar-refractivity contribution < 1.29 is 0 Å². The molecule has 1 fully saturated rings. The summed E-state index contributed by atoms with van der Waals surface area (Å²) in [6, 6.07) is 8.97. The molecule has 1 atom stereocenters. The first-order chi connectivity index (χ1) is 9.42. The van der Waals surface area contributed by atoms with Crippen molar-refractivity contribution in [3.05, 3.63) is 30.1 Å². The van der Waals surface area contributed by atoms with Gasteiger partial charge in [-0.1, -0.05) is 12.1 Å². The molecule has 0 amide bonds. The molecule has 2 N–H and O–H groups in total. The summed E-state index contributed by atoms with van der Waals surface area (Å²) in [4.78, 5) is 8.00. The Kier molecular flexibility index (Phi) is 4.41. The van der Waals surface area contributed by atoms with Gasteiger partial charge in [0.25, 0.3) is 0 Å². The largest absolute Gasteiger partial charge is 0.342 e. The van der Waals surface area contributed by atoms with Gasteiger partial charge in [-0.2, -0.15) is 11.8 Å². The Morgan fingerprint density at radius 2 is 2.32 bits per heavy atom. The summed E-state index contributed by atoms with van der Waals surface area (Å²) in [5.74, 6) is 3.74. The predicted molar refractivity (Wildman–Crippen MR) is 82.8 cm³/mol. The van der Waals surface area contributed by atoms with Gasteiger partial charge in [-0.3, -0.25) is 0 Å². The van der Waals surface area contributed by atoms with E-state index in [4.69, 9.17) is 0 Å². The summed E-state index contributed by atoms with van der Waals surface area (Å²) in [6.45, 7) is 1.10. The van der Waals surface area contributed by atoms with Crippen molar-refractivity contribution in [1.29, 1.82) is 0 Å². The Morgan fingerprint density at radius 3 is 3.16 bits per heavy atom. The molecule has 1 saturated heterocycles. The van der Waals surface area contributed by atoms with Crippen LogP contribution in [0, 0.1) is 0 Å². The number of thioether (sulfide) groups is 1. The van der Waals surface area contributed by atoms with Crippen LogP contribution < -0.4 is 5.32 Å². The molecule has 3 rings (SSSR count). The predicted octanol–water partition coefficient (Wildman–Crippen LogP) is 2.98. The van der Waals surface area contributed by atoms with E-state index in [1.54, 1.807) is 0 Å². The number of imidazole rings is 1. The van der Waals surface area contributed by atoms with E-state index in [1.165, 1.54) is 24.3 Å². The summed E-state index contributed by atoms with van der Waals surface area (Å²) in [5.41, 5.74) is 2.23. The molecular formula is C15H21N3S. The number of H-pyrrole nitrogens is 1. The van der Waals surface area contributed by atoms with Gasteiger partial charge >= 0.3 is 0 Å². The van der Waals surface area contributed by atoms with Crippen LogP contribution in [0.1, 0.15) is 25.1 Å². The number of aromatic amines is 1. The third kappa shape index (κ3) is 3.51. The summed E-state index contributed by atoms with van der Waals surface area (Å²) in [6.07, 6.45) is 4.89. The third-order valence-corrected chi connectivity index (χ3v) is 4.84. The van der Waals surface area contributed by atoms with Gasteiger partial charge in [0, 0.05) is 18.2 Å². The van der Waals surface area contributed by atoms with E-state index < -0.39 is 0 Å². The zero-order chi connectivity index (χ0) is 12.9. The van der Waals surface area contributed by atoms with E-state index in [2.05, 4.69) is 39.2 Å². The fourth-order valence-corrected chi connectivity index (χ4v) is 3.69. The molecule has 4 heteroatoms. The van der Waals surface area contributed by atoms with Gasteiger partial charge in [0.15, 0.2) is 0 Å². The van der Waals surface area contributed by atoms with Gasteiger partial charge in [-0.25, -0.2) is 4.98 Å². The summed E-state index contributed by atoms with van der Waals surface area (Å²) >= 11 is 2.08. The van der Waals surface area contributed by atoms with Crippen LogP contribution in [0.15, 0.2) is 24.3 Å². The number of nitrogens with one attached hydrogen (secondary N) is 2. The second kappa shape index (κ2) is 6.44. The topological polar surface area (TPSA) is 40.7 Å². The Bertz CT molecular complexity index is 484. The zero-order valence-corrected chi connectivity index (χ0v) is 12.0. The monoisotopic (exact) mass is 275 g/mol. The number of para-hydroxylation sites is 2. The highest BCUT2D eigenvalue weighted by molar-refractivity contribution is 7.99.